The first-order chi connectivity index (χ1) is 8.04. The number of hydrogen-bond acceptors (Lipinski definition) is 2. The maximum absolute atomic E-state index is 9.67. The smallest absolute Gasteiger partial charge is 0.115 e. The van der Waals surface area contributed by atoms with Crippen molar-refractivity contribution < 1.29 is 5.11 Å². The minimum absolute atomic E-state index is 0. The largest absolute Gasteiger partial charge is 0.508 e. The Labute approximate surface area is 116 Å². The van der Waals surface area contributed by atoms with Crippen molar-refractivity contribution in [2.45, 2.75) is 44.1 Å². The topological polar surface area (TPSA) is 23.5 Å². The first kappa shape index (κ1) is 15.3. The van der Waals surface area contributed by atoms with Crippen LogP contribution in [0.2, 0.25) is 0 Å². The minimum Gasteiger partial charge on any atom is -0.508 e. The molecule has 2 nitrogen and oxygen atoms in total. The van der Waals surface area contributed by atoms with Gasteiger partial charge in [-0.1, -0.05) is 31.9 Å². The van der Waals surface area contributed by atoms with Gasteiger partial charge in [-0.05, 0) is 44.6 Å². The summed E-state index contributed by atoms with van der Waals surface area (Å²) in [6.07, 6.45) is 5.06. The molecule has 1 aromatic rings. The van der Waals surface area contributed by atoms with E-state index in [0.717, 1.165) is 0 Å². The lowest BCUT2D eigenvalue weighted by atomic mass is 9.67. The van der Waals surface area contributed by atoms with Crippen LogP contribution in [0.15, 0.2) is 24.3 Å². The van der Waals surface area contributed by atoms with Gasteiger partial charge in [0, 0.05) is 11.5 Å². The molecule has 0 radical (unpaired) electrons. The third kappa shape index (κ3) is 2.81. The average Bonchev–Trinajstić information content (AvgIpc) is 2.29. The quantitative estimate of drug-likeness (QED) is 0.887. The first-order valence-corrected chi connectivity index (χ1v) is 6.50. The summed E-state index contributed by atoms with van der Waals surface area (Å²) in [6, 6.07) is 8.36. The Morgan fingerprint density at radius 1 is 1.28 bits per heavy atom. The van der Waals surface area contributed by atoms with Crippen LogP contribution in [-0.4, -0.2) is 30.1 Å². The van der Waals surface area contributed by atoms with Crippen molar-refractivity contribution in [2.75, 3.05) is 14.1 Å². The van der Waals surface area contributed by atoms with Gasteiger partial charge in [-0.3, -0.25) is 0 Å². The predicted octanol–water partition coefficient (Wildman–Crippen LogP) is 3.58. The molecule has 3 heteroatoms. The van der Waals surface area contributed by atoms with E-state index < -0.39 is 0 Å². The molecular formula is C15H24ClNO. The number of nitrogens with zero attached hydrogens (tertiary/aromatic N) is 1. The summed E-state index contributed by atoms with van der Waals surface area (Å²) >= 11 is 0. The number of halogens is 1. The van der Waals surface area contributed by atoms with Crippen molar-refractivity contribution in [1.82, 2.24) is 4.90 Å². The van der Waals surface area contributed by atoms with E-state index in [-0.39, 0.29) is 17.8 Å². The highest BCUT2D eigenvalue weighted by Gasteiger charge is 2.39. The second-order valence-corrected chi connectivity index (χ2v) is 5.69. The van der Waals surface area contributed by atoms with Crippen LogP contribution in [0, 0.1) is 0 Å². The zero-order valence-corrected chi connectivity index (χ0v) is 12.3. The van der Waals surface area contributed by atoms with Crippen LogP contribution in [0.5, 0.6) is 5.75 Å². The number of aromatic hydroxyl groups is 1. The van der Waals surface area contributed by atoms with E-state index in [0.29, 0.717) is 11.8 Å². The standard InChI is InChI=1S/C15H23NO.ClH/c1-15(12-7-6-8-13(17)11-12)10-5-4-9-14(15)16(2)3;/h6-8,11,14,17H,4-5,9-10H2,1-3H3;1H. The molecule has 0 bridgehead atoms. The second-order valence-electron chi connectivity index (χ2n) is 5.69. The summed E-state index contributed by atoms with van der Waals surface area (Å²) < 4.78 is 0. The van der Waals surface area contributed by atoms with E-state index in [4.69, 9.17) is 0 Å². The lowest BCUT2D eigenvalue weighted by Gasteiger charge is -2.45. The molecule has 2 atom stereocenters. The molecule has 1 fully saturated rings. The van der Waals surface area contributed by atoms with Gasteiger partial charge in [-0.15, -0.1) is 12.4 Å². The van der Waals surface area contributed by atoms with Crippen LogP contribution in [0.4, 0.5) is 0 Å². The molecule has 1 saturated carbocycles. The fourth-order valence-electron chi connectivity index (χ4n) is 3.34. The highest BCUT2D eigenvalue weighted by molar-refractivity contribution is 5.85. The van der Waals surface area contributed by atoms with E-state index in [1.807, 2.05) is 12.1 Å². The van der Waals surface area contributed by atoms with E-state index in [2.05, 4.69) is 32.0 Å². The highest BCUT2D eigenvalue weighted by Crippen LogP contribution is 2.41. The van der Waals surface area contributed by atoms with Gasteiger partial charge in [-0.2, -0.15) is 0 Å². The molecule has 1 N–H and O–H groups in total. The summed E-state index contributed by atoms with van der Waals surface area (Å²) in [5, 5.41) is 9.67. The molecule has 1 aromatic carbocycles. The van der Waals surface area contributed by atoms with Crippen molar-refractivity contribution in [1.29, 1.82) is 0 Å². The predicted molar refractivity (Wildman–Crippen MR) is 78.6 cm³/mol. The molecule has 0 aliphatic heterocycles. The molecule has 0 aromatic heterocycles. The van der Waals surface area contributed by atoms with Gasteiger partial charge in [0.05, 0.1) is 0 Å². The van der Waals surface area contributed by atoms with Crippen LogP contribution in [0.1, 0.15) is 38.2 Å². The normalized spacial score (nSPS) is 27.9. The Balaban J connectivity index is 0.00000162. The molecule has 0 spiro atoms. The van der Waals surface area contributed by atoms with Gasteiger partial charge in [0.15, 0.2) is 0 Å². The van der Waals surface area contributed by atoms with Crippen molar-refractivity contribution in [2.24, 2.45) is 0 Å². The Kier molecular flexibility index (Phi) is 5.06. The fraction of sp³-hybridized carbons (Fsp3) is 0.600. The summed E-state index contributed by atoms with van der Waals surface area (Å²) in [5.74, 6) is 0.381. The summed E-state index contributed by atoms with van der Waals surface area (Å²) in [5.41, 5.74) is 1.44. The highest BCUT2D eigenvalue weighted by atomic mass is 35.5. The lowest BCUT2D eigenvalue weighted by molar-refractivity contribution is 0.133. The Morgan fingerprint density at radius 3 is 2.61 bits per heavy atom. The van der Waals surface area contributed by atoms with E-state index >= 15 is 0 Å². The number of phenolic OH excluding ortho intramolecular Hbond substituents is 1. The van der Waals surface area contributed by atoms with E-state index in [1.165, 1.54) is 31.2 Å². The third-order valence-corrected chi connectivity index (χ3v) is 4.29. The van der Waals surface area contributed by atoms with Crippen LogP contribution < -0.4 is 0 Å². The van der Waals surface area contributed by atoms with Gasteiger partial charge < -0.3 is 10.0 Å². The van der Waals surface area contributed by atoms with Crippen molar-refractivity contribution >= 4 is 12.4 Å². The number of rotatable bonds is 2. The zero-order chi connectivity index (χ0) is 12.5. The van der Waals surface area contributed by atoms with Gasteiger partial charge >= 0.3 is 0 Å². The molecule has 102 valence electrons. The van der Waals surface area contributed by atoms with E-state index in [1.54, 1.807) is 6.07 Å². The van der Waals surface area contributed by atoms with Gasteiger partial charge in [0.2, 0.25) is 0 Å². The minimum atomic E-state index is 0. The molecular weight excluding hydrogens is 246 g/mol. The first-order valence-electron chi connectivity index (χ1n) is 6.50. The van der Waals surface area contributed by atoms with Gasteiger partial charge in [0.1, 0.15) is 5.75 Å². The third-order valence-electron chi connectivity index (χ3n) is 4.29. The molecule has 0 amide bonds. The summed E-state index contributed by atoms with van der Waals surface area (Å²) in [6.45, 7) is 2.34. The monoisotopic (exact) mass is 269 g/mol. The van der Waals surface area contributed by atoms with Crippen LogP contribution in [0.25, 0.3) is 0 Å². The van der Waals surface area contributed by atoms with Crippen molar-refractivity contribution in [3.8, 4) is 5.75 Å². The van der Waals surface area contributed by atoms with Crippen molar-refractivity contribution in [3.63, 3.8) is 0 Å². The summed E-state index contributed by atoms with van der Waals surface area (Å²) in [4.78, 5) is 2.34. The van der Waals surface area contributed by atoms with Crippen LogP contribution in [0.3, 0.4) is 0 Å². The lowest BCUT2D eigenvalue weighted by Crippen LogP contribution is -2.48. The summed E-state index contributed by atoms with van der Waals surface area (Å²) in [7, 11) is 4.33. The maximum Gasteiger partial charge on any atom is 0.115 e. The van der Waals surface area contributed by atoms with Crippen LogP contribution >= 0.6 is 12.4 Å². The SMILES string of the molecule is CN(C)C1CCCCC1(C)c1cccc(O)c1.Cl. The molecule has 1 aliphatic carbocycles. The van der Waals surface area contributed by atoms with Crippen molar-refractivity contribution in [3.05, 3.63) is 29.8 Å². The number of phenols is 1. The number of hydrogen-bond donors (Lipinski definition) is 1. The number of benzene rings is 1. The molecule has 2 unspecified atom stereocenters. The maximum atomic E-state index is 9.67. The Morgan fingerprint density at radius 2 is 2.00 bits per heavy atom. The molecule has 0 heterocycles. The van der Waals surface area contributed by atoms with Crippen LogP contribution in [-0.2, 0) is 5.41 Å². The molecule has 18 heavy (non-hydrogen) atoms. The average molecular weight is 270 g/mol. The zero-order valence-electron chi connectivity index (χ0n) is 11.5. The van der Waals surface area contributed by atoms with E-state index in [9.17, 15) is 5.11 Å². The second kappa shape index (κ2) is 5.94. The molecule has 1 aliphatic rings. The van der Waals surface area contributed by atoms with Gasteiger partial charge in [0.25, 0.3) is 0 Å². The number of likely N-dealkylation sites (N-methyl/N-ethyl adjacent to an activating group) is 1. The fourth-order valence-corrected chi connectivity index (χ4v) is 3.34. The Bertz CT molecular complexity index is 394. The molecule has 0 saturated heterocycles. The van der Waals surface area contributed by atoms with Gasteiger partial charge in [-0.25, -0.2) is 0 Å². The molecule has 2 rings (SSSR count). The Hall–Kier alpha value is -0.730.